The summed E-state index contributed by atoms with van der Waals surface area (Å²) in [5.41, 5.74) is 0.668. The molecule has 6 nitrogen and oxygen atoms in total. The van der Waals surface area contributed by atoms with Gasteiger partial charge in [0.05, 0.1) is 11.6 Å². The number of hydrogen-bond acceptors (Lipinski definition) is 5. The first-order valence-electron chi connectivity index (χ1n) is 6.01. The maximum Gasteiger partial charge on any atom is 0.226 e. The molecule has 1 aliphatic rings. The predicted octanol–water partition coefficient (Wildman–Crippen LogP) is 1.37. The molecule has 2 aromatic rings. The first kappa shape index (κ1) is 11.7. The summed E-state index contributed by atoms with van der Waals surface area (Å²) in [4.78, 5) is 10.6. The molecule has 0 radical (unpaired) electrons. The molecule has 0 aliphatic carbocycles. The van der Waals surface area contributed by atoms with Crippen molar-refractivity contribution in [2.24, 2.45) is 5.92 Å². The number of halogens is 1. The number of aromatic amines is 1. The number of aromatic nitrogens is 4. The first-order chi connectivity index (χ1) is 8.72. The van der Waals surface area contributed by atoms with Crippen molar-refractivity contribution in [3.8, 4) is 0 Å². The van der Waals surface area contributed by atoms with Gasteiger partial charge in [-0.05, 0) is 37.5 Å². The highest BCUT2D eigenvalue weighted by atomic mass is 35.5. The third kappa shape index (κ3) is 2.26. The van der Waals surface area contributed by atoms with Gasteiger partial charge in [0.2, 0.25) is 5.28 Å². The number of anilines is 1. The predicted molar refractivity (Wildman–Crippen MR) is 70.8 cm³/mol. The summed E-state index contributed by atoms with van der Waals surface area (Å²) in [6.45, 7) is 3.19. The van der Waals surface area contributed by atoms with Gasteiger partial charge >= 0.3 is 0 Å². The molecular weight excluding hydrogens is 252 g/mol. The van der Waals surface area contributed by atoms with Gasteiger partial charge in [0, 0.05) is 13.1 Å². The van der Waals surface area contributed by atoms with Gasteiger partial charge in [-0.2, -0.15) is 15.1 Å². The molecule has 1 fully saturated rings. The van der Waals surface area contributed by atoms with Crippen molar-refractivity contribution in [3.05, 3.63) is 11.5 Å². The van der Waals surface area contributed by atoms with E-state index in [2.05, 4.69) is 37.4 Å². The Morgan fingerprint density at radius 2 is 2.44 bits per heavy atom. The minimum absolute atomic E-state index is 0.234. The van der Waals surface area contributed by atoms with Crippen molar-refractivity contribution < 1.29 is 0 Å². The fourth-order valence-electron chi connectivity index (χ4n) is 2.38. The zero-order chi connectivity index (χ0) is 12.5. The molecule has 7 heteroatoms. The molecule has 1 atom stereocenters. The van der Waals surface area contributed by atoms with Crippen LogP contribution in [0.25, 0.3) is 11.0 Å². The van der Waals surface area contributed by atoms with Crippen molar-refractivity contribution in [2.45, 2.75) is 6.42 Å². The topological polar surface area (TPSA) is 69.7 Å². The van der Waals surface area contributed by atoms with E-state index in [0.29, 0.717) is 11.6 Å². The number of nitrogens with zero attached hydrogens (tertiary/aromatic N) is 4. The molecule has 3 rings (SSSR count). The highest BCUT2D eigenvalue weighted by Crippen LogP contribution is 2.21. The van der Waals surface area contributed by atoms with Gasteiger partial charge in [0.15, 0.2) is 5.65 Å². The third-order valence-electron chi connectivity index (χ3n) is 3.33. The summed E-state index contributed by atoms with van der Waals surface area (Å²) >= 11 is 5.88. The lowest BCUT2D eigenvalue weighted by molar-refractivity contribution is 0.399. The average molecular weight is 267 g/mol. The molecule has 1 aliphatic heterocycles. The Hall–Kier alpha value is -1.40. The standard InChI is InChI=1S/C11H15ClN6/c1-18-3-2-7(6-18)4-13-9-8-5-14-17-10(8)16-11(12)15-9/h5,7H,2-4,6H2,1H3,(H2,13,14,15,16,17). The minimum atomic E-state index is 0.234. The van der Waals surface area contributed by atoms with Crippen LogP contribution < -0.4 is 5.32 Å². The Bertz CT molecular complexity index is 553. The van der Waals surface area contributed by atoms with Crippen LogP contribution in [0.3, 0.4) is 0 Å². The zero-order valence-corrected chi connectivity index (χ0v) is 10.9. The molecule has 0 amide bonds. The first-order valence-corrected chi connectivity index (χ1v) is 6.39. The summed E-state index contributed by atoms with van der Waals surface area (Å²) < 4.78 is 0. The van der Waals surface area contributed by atoms with Crippen LogP contribution in [-0.4, -0.2) is 51.7 Å². The molecule has 96 valence electrons. The summed E-state index contributed by atoms with van der Waals surface area (Å²) in [5, 5.41) is 11.2. The number of rotatable bonds is 3. The fourth-order valence-corrected chi connectivity index (χ4v) is 2.55. The molecule has 1 unspecified atom stereocenters. The number of fused-ring (bicyclic) bond motifs is 1. The molecule has 0 bridgehead atoms. The van der Waals surface area contributed by atoms with E-state index in [-0.39, 0.29) is 5.28 Å². The van der Waals surface area contributed by atoms with Crippen LogP contribution in [0.1, 0.15) is 6.42 Å². The molecule has 2 N–H and O–H groups in total. The lowest BCUT2D eigenvalue weighted by Gasteiger charge is -2.12. The molecule has 2 aromatic heterocycles. The van der Waals surface area contributed by atoms with Crippen molar-refractivity contribution in [1.82, 2.24) is 25.1 Å². The number of hydrogen-bond donors (Lipinski definition) is 2. The highest BCUT2D eigenvalue weighted by Gasteiger charge is 2.19. The van der Waals surface area contributed by atoms with Crippen LogP contribution in [0.2, 0.25) is 5.28 Å². The van der Waals surface area contributed by atoms with E-state index >= 15 is 0 Å². The Morgan fingerprint density at radius 3 is 3.22 bits per heavy atom. The second kappa shape index (κ2) is 4.70. The van der Waals surface area contributed by atoms with Gasteiger partial charge in [-0.1, -0.05) is 0 Å². The maximum absolute atomic E-state index is 5.88. The van der Waals surface area contributed by atoms with Crippen molar-refractivity contribution in [1.29, 1.82) is 0 Å². The van der Waals surface area contributed by atoms with Crippen LogP contribution in [0.4, 0.5) is 5.82 Å². The molecule has 0 spiro atoms. The third-order valence-corrected chi connectivity index (χ3v) is 3.50. The molecular formula is C11H15ClN6. The molecule has 0 saturated carbocycles. The van der Waals surface area contributed by atoms with Crippen LogP contribution in [-0.2, 0) is 0 Å². The van der Waals surface area contributed by atoms with Gasteiger partial charge in [0.1, 0.15) is 5.82 Å². The average Bonchev–Trinajstić information content (AvgIpc) is 2.94. The Kier molecular flexibility index (Phi) is 3.05. The summed E-state index contributed by atoms with van der Waals surface area (Å²) in [6.07, 6.45) is 2.94. The lowest BCUT2D eigenvalue weighted by Crippen LogP contribution is -2.19. The number of H-pyrrole nitrogens is 1. The largest absolute Gasteiger partial charge is 0.369 e. The van der Waals surface area contributed by atoms with E-state index in [0.717, 1.165) is 30.8 Å². The second-order valence-corrected chi connectivity index (χ2v) is 5.11. The Balaban J connectivity index is 1.75. The van der Waals surface area contributed by atoms with Crippen LogP contribution in [0.15, 0.2) is 6.20 Å². The zero-order valence-electron chi connectivity index (χ0n) is 10.1. The van der Waals surface area contributed by atoms with Crippen molar-refractivity contribution >= 4 is 28.5 Å². The van der Waals surface area contributed by atoms with Gasteiger partial charge in [-0.15, -0.1) is 0 Å². The lowest BCUT2D eigenvalue weighted by atomic mass is 10.1. The van der Waals surface area contributed by atoms with Gasteiger partial charge in [0.25, 0.3) is 0 Å². The van der Waals surface area contributed by atoms with Crippen molar-refractivity contribution in [2.75, 3.05) is 32.0 Å². The number of nitrogens with one attached hydrogen (secondary N) is 2. The summed E-state index contributed by atoms with van der Waals surface area (Å²) in [7, 11) is 2.15. The Labute approximate surface area is 110 Å². The van der Waals surface area contributed by atoms with Crippen molar-refractivity contribution in [3.63, 3.8) is 0 Å². The molecule has 18 heavy (non-hydrogen) atoms. The van der Waals surface area contributed by atoms with E-state index in [1.165, 1.54) is 6.42 Å². The van der Waals surface area contributed by atoms with Gasteiger partial charge in [-0.3, -0.25) is 5.10 Å². The molecule has 0 aromatic carbocycles. The van der Waals surface area contributed by atoms with Crippen LogP contribution in [0.5, 0.6) is 0 Å². The highest BCUT2D eigenvalue weighted by molar-refractivity contribution is 6.28. The van der Waals surface area contributed by atoms with Gasteiger partial charge in [-0.25, -0.2) is 0 Å². The normalized spacial score (nSPS) is 20.7. The van der Waals surface area contributed by atoms with E-state index in [9.17, 15) is 0 Å². The summed E-state index contributed by atoms with van der Waals surface area (Å²) in [5.74, 6) is 1.42. The quantitative estimate of drug-likeness (QED) is 0.821. The van der Waals surface area contributed by atoms with E-state index < -0.39 is 0 Å². The Morgan fingerprint density at radius 1 is 1.56 bits per heavy atom. The van der Waals surface area contributed by atoms with E-state index in [1.54, 1.807) is 6.20 Å². The summed E-state index contributed by atoms with van der Waals surface area (Å²) in [6, 6.07) is 0. The number of likely N-dealkylation sites (tertiary alicyclic amines) is 1. The SMILES string of the molecule is CN1CCC(CNc2nc(Cl)nc3[nH]ncc23)C1. The minimum Gasteiger partial charge on any atom is -0.369 e. The maximum atomic E-state index is 5.88. The van der Waals surface area contributed by atoms with Gasteiger partial charge < -0.3 is 10.2 Å². The fraction of sp³-hybridized carbons (Fsp3) is 0.545. The van der Waals surface area contributed by atoms with E-state index in [4.69, 9.17) is 11.6 Å². The van der Waals surface area contributed by atoms with Crippen LogP contribution in [0, 0.1) is 5.92 Å². The molecule has 3 heterocycles. The smallest absolute Gasteiger partial charge is 0.226 e. The monoisotopic (exact) mass is 266 g/mol. The van der Waals surface area contributed by atoms with Crippen LogP contribution >= 0.6 is 11.6 Å². The second-order valence-electron chi connectivity index (χ2n) is 4.77. The van der Waals surface area contributed by atoms with E-state index in [1.807, 2.05) is 0 Å². The molecule has 1 saturated heterocycles.